The van der Waals surface area contributed by atoms with Crippen molar-refractivity contribution in [2.45, 2.75) is 56.5 Å². The molecule has 0 radical (unpaired) electrons. The van der Waals surface area contributed by atoms with Crippen molar-refractivity contribution in [3.8, 4) is 0 Å². The number of nitrogens with zero attached hydrogens (tertiary/aromatic N) is 1. The van der Waals surface area contributed by atoms with Crippen molar-refractivity contribution in [2.75, 3.05) is 13.2 Å². The van der Waals surface area contributed by atoms with Crippen molar-refractivity contribution in [3.05, 3.63) is 0 Å². The molecule has 5 unspecified atom stereocenters. The van der Waals surface area contributed by atoms with Crippen LogP contribution in [0, 0.1) is 0 Å². The minimum atomic E-state index is -1.70. The van der Waals surface area contributed by atoms with Gasteiger partial charge >= 0.3 is 11.9 Å². The lowest BCUT2D eigenvalue weighted by Gasteiger charge is -2.26. The lowest BCUT2D eigenvalue weighted by molar-refractivity contribution is -0.144. The van der Waals surface area contributed by atoms with E-state index in [0.717, 1.165) is 6.92 Å². The van der Waals surface area contributed by atoms with Crippen molar-refractivity contribution in [1.82, 2.24) is 16.0 Å². The molecule has 33 heavy (non-hydrogen) atoms. The lowest BCUT2D eigenvalue weighted by Crippen LogP contribution is -2.60. The summed E-state index contributed by atoms with van der Waals surface area (Å²) >= 11 is 0. The van der Waals surface area contributed by atoms with Gasteiger partial charge < -0.3 is 53.6 Å². The molecule has 0 heterocycles. The molecule has 5 atom stereocenters. The summed E-state index contributed by atoms with van der Waals surface area (Å²) in [7, 11) is 0. The van der Waals surface area contributed by atoms with Gasteiger partial charge in [-0.15, -0.1) is 0 Å². The Morgan fingerprint density at radius 1 is 0.939 bits per heavy atom. The molecule has 0 aromatic heterocycles. The quantitative estimate of drug-likeness (QED) is 0.0601. The number of carboxylic acids is 2. The maximum atomic E-state index is 12.5. The Morgan fingerprint density at radius 3 is 1.97 bits per heavy atom. The number of nitrogens with one attached hydrogen (secondary N) is 3. The topological polar surface area (TPSA) is 293 Å². The number of aliphatic hydroxyl groups excluding tert-OH is 2. The van der Waals surface area contributed by atoms with Crippen LogP contribution in [0.5, 0.6) is 0 Å². The Bertz CT molecular complexity index is 740. The summed E-state index contributed by atoms with van der Waals surface area (Å²) in [4.78, 5) is 63.0. The normalized spacial score (nSPS) is 15.2. The predicted molar refractivity (Wildman–Crippen MR) is 112 cm³/mol. The zero-order valence-corrected chi connectivity index (χ0v) is 17.9. The molecule has 0 fully saturated rings. The fraction of sp³-hybridized carbons (Fsp3) is 0.647. The van der Waals surface area contributed by atoms with Gasteiger partial charge in [-0.25, -0.2) is 4.79 Å². The van der Waals surface area contributed by atoms with E-state index in [1.807, 2.05) is 5.32 Å². The second-order valence-electron chi connectivity index (χ2n) is 7.02. The van der Waals surface area contributed by atoms with Gasteiger partial charge in [-0.3, -0.25) is 24.2 Å². The average Bonchev–Trinajstić information content (AvgIpc) is 2.71. The Labute approximate surface area is 188 Å². The molecule has 0 bridgehead atoms. The number of amides is 3. The molecule has 0 aliphatic rings. The number of aliphatic hydroxyl groups is 2. The number of guanidine groups is 1. The molecule has 16 nitrogen and oxygen atoms in total. The summed E-state index contributed by atoms with van der Waals surface area (Å²) in [5.74, 6) is -6.30. The number of aliphatic carboxylic acids is 2. The van der Waals surface area contributed by atoms with Crippen molar-refractivity contribution < 1.29 is 44.4 Å². The molecule has 0 aliphatic heterocycles. The van der Waals surface area contributed by atoms with Crippen LogP contribution in [-0.2, 0) is 24.0 Å². The number of nitrogens with two attached hydrogens (primary N) is 3. The van der Waals surface area contributed by atoms with Crippen molar-refractivity contribution in [2.24, 2.45) is 22.2 Å². The van der Waals surface area contributed by atoms with E-state index < -0.39 is 73.0 Å². The first kappa shape index (κ1) is 29.5. The molecular formula is C17H31N7O9. The summed E-state index contributed by atoms with van der Waals surface area (Å²) in [6.45, 7) is 0.461. The van der Waals surface area contributed by atoms with Crippen LogP contribution in [0.25, 0.3) is 0 Å². The fourth-order valence-electron chi connectivity index (χ4n) is 2.43. The number of rotatable bonds is 15. The Kier molecular flexibility index (Phi) is 13.0. The van der Waals surface area contributed by atoms with E-state index in [0.29, 0.717) is 0 Å². The fourth-order valence-corrected chi connectivity index (χ4v) is 2.43. The van der Waals surface area contributed by atoms with Crippen LogP contribution in [0.15, 0.2) is 4.99 Å². The van der Waals surface area contributed by atoms with Crippen molar-refractivity contribution >= 4 is 35.6 Å². The number of hydrogen-bond acceptors (Lipinski definition) is 9. The summed E-state index contributed by atoms with van der Waals surface area (Å²) in [6, 6.07) is -6.21. The SMILES string of the molecule is CC(O)C(NC(=O)C(CC(=O)O)NC(=O)C(N)CO)C(=O)NC(CCCN=C(N)N)C(=O)O. The van der Waals surface area contributed by atoms with E-state index in [1.165, 1.54) is 0 Å². The molecular weight excluding hydrogens is 446 g/mol. The number of hydrogen-bond donors (Lipinski definition) is 10. The third kappa shape index (κ3) is 11.6. The molecule has 0 saturated heterocycles. The van der Waals surface area contributed by atoms with Crippen LogP contribution in [0.2, 0.25) is 0 Å². The first-order chi connectivity index (χ1) is 15.3. The highest BCUT2D eigenvalue weighted by atomic mass is 16.4. The number of carbonyl (C=O) groups is 5. The highest BCUT2D eigenvalue weighted by Gasteiger charge is 2.33. The maximum Gasteiger partial charge on any atom is 0.326 e. The zero-order valence-electron chi connectivity index (χ0n) is 17.9. The highest BCUT2D eigenvalue weighted by molar-refractivity contribution is 5.95. The zero-order chi connectivity index (χ0) is 25.7. The minimum absolute atomic E-state index is 0.0743. The number of carbonyl (C=O) groups excluding carboxylic acids is 3. The van der Waals surface area contributed by atoms with Crippen LogP contribution in [0.3, 0.4) is 0 Å². The Hall–Kier alpha value is -3.50. The lowest BCUT2D eigenvalue weighted by atomic mass is 10.1. The van der Waals surface area contributed by atoms with Gasteiger partial charge in [0.05, 0.1) is 19.1 Å². The van der Waals surface area contributed by atoms with E-state index in [9.17, 15) is 34.2 Å². The number of aliphatic imine (C=N–C) groups is 1. The Morgan fingerprint density at radius 2 is 1.52 bits per heavy atom. The van der Waals surface area contributed by atoms with Crippen LogP contribution in [0.1, 0.15) is 26.2 Å². The monoisotopic (exact) mass is 477 g/mol. The predicted octanol–water partition coefficient (Wildman–Crippen LogP) is -5.25. The maximum absolute atomic E-state index is 12.5. The van der Waals surface area contributed by atoms with Crippen LogP contribution >= 0.6 is 0 Å². The van der Waals surface area contributed by atoms with Gasteiger partial charge in [-0.2, -0.15) is 0 Å². The molecule has 16 heteroatoms. The Balaban J connectivity index is 5.34. The molecule has 0 aromatic rings. The first-order valence-electron chi connectivity index (χ1n) is 9.75. The molecule has 0 spiro atoms. The smallest absolute Gasteiger partial charge is 0.326 e. The van der Waals surface area contributed by atoms with E-state index in [1.54, 1.807) is 0 Å². The van der Waals surface area contributed by atoms with Crippen LogP contribution < -0.4 is 33.2 Å². The summed E-state index contributed by atoms with van der Waals surface area (Å²) in [6.07, 6.45) is -2.30. The third-order valence-electron chi connectivity index (χ3n) is 4.17. The standard InChI is InChI=1S/C17H31N7O9/c1-7(26)12(15(31)22-9(16(32)33)3-2-4-21-17(19)20)24-14(30)10(5-11(27)28)23-13(29)8(18)6-25/h7-10,12,25-26H,2-6,18H2,1H3,(H,22,31)(H,23,29)(H,24,30)(H,27,28)(H,32,33)(H4,19,20,21). The highest BCUT2D eigenvalue weighted by Crippen LogP contribution is 2.03. The second kappa shape index (κ2) is 14.5. The van der Waals surface area contributed by atoms with Crippen molar-refractivity contribution in [3.63, 3.8) is 0 Å². The summed E-state index contributed by atoms with van der Waals surface area (Å²) < 4.78 is 0. The molecule has 0 rings (SSSR count). The van der Waals surface area contributed by atoms with E-state index in [2.05, 4.69) is 15.6 Å². The van der Waals surface area contributed by atoms with Gasteiger partial charge in [0.15, 0.2) is 5.96 Å². The molecule has 0 aromatic carbocycles. The summed E-state index contributed by atoms with van der Waals surface area (Å²) in [5, 5.41) is 43.4. The minimum Gasteiger partial charge on any atom is -0.481 e. The van der Waals surface area contributed by atoms with Gasteiger partial charge in [0.2, 0.25) is 17.7 Å². The van der Waals surface area contributed by atoms with E-state index in [-0.39, 0.29) is 25.3 Å². The summed E-state index contributed by atoms with van der Waals surface area (Å²) in [5.41, 5.74) is 15.7. The molecule has 0 saturated carbocycles. The van der Waals surface area contributed by atoms with Gasteiger partial charge in [0, 0.05) is 6.54 Å². The molecule has 3 amide bonds. The second-order valence-corrected chi connectivity index (χ2v) is 7.02. The van der Waals surface area contributed by atoms with Gasteiger partial charge in [0.25, 0.3) is 0 Å². The third-order valence-corrected chi connectivity index (χ3v) is 4.17. The number of carboxylic acid groups (broad SMARTS) is 2. The van der Waals surface area contributed by atoms with E-state index in [4.69, 9.17) is 27.4 Å². The van der Waals surface area contributed by atoms with Crippen molar-refractivity contribution in [1.29, 1.82) is 0 Å². The first-order valence-corrected chi connectivity index (χ1v) is 9.75. The largest absolute Gasteiger partial charge is 0.481 e. The van der Waals surface area contributed by atoms with Gasteiger partial charge in [-0.1, -0.05) is 0 Å². The molecule has 0 aliphatic carbocycles. The van der Waals surface area contributed by atoms with Crippen LogP contribution in [0.4, 0.5) is 0 Å². The molecule has 13 N–H and O–H groups in total. The van der Waals surface area contributed by atoms with Crippen LogP contribution in [-0.4, -0.2) is 99.5 Å². The van der Waals surface area contributed by atoms with Gasteiger partial charge in [-0.05, 0) is 19.8 Å². The van der Waals surface area contributed by atoms with Gasteiger partial charge in [0.1, 0.15) is 24.2 Å². The van der Waals surface area contributed by atoms with E-state index >= 15 is 0 Å². The molecule has 188 valence electrons. The average molecular weight is 477 g/mol.